The van der Waals surface area contributed by atoms with E-state index in [1.807, 2.05) is 68.7 Å². The van der Waals surface area contributed by atoms with Gasteiger partial charge in [-0.25, -0.2) is 9.97 Å². The molecule has 4 aromatic rings. The van der Waals surface area contributed by atoms with Crippen LogP contribution in [0.2, 0.25) is 0 Å². The largest absolute Gasteiger partial charge is 0.369 e. The maximum absolute atomic E-state index is 13.5. The van der Waals surface area contributed by atoms with Crippen LogP contribution in [-0.4, -0.2) is 58.2 Å². The van der Waals surface area contributed by atoms with E-state index >= 15 is 0 Å². The molecular weight excluding hydrogens is 482 g/mol. The highest BCUT2D eigenvalue weighted by Gasteiger charge is 2.22. The Morgan fingerprint density at radius 3 is 2.54 bits per heavy atom. The van der Waals surface area contributed by atoms with Crippen molar-refractivity contribution in [3.63, 3.8) is 0 Å². The Balaban J connectivity index is 1.41. The van der Waals surface area contributed by atoms with Crippen molar-refractivity contribution in [1.29, 1.82) is 0 Å². The van der Waals surface area contributed by atoms with Crippen molar-refractivity contribution in [2.24, 2.45) is 0 Å². The van der Waals surface area contributed by atoms with Crippen LogP contribution in [0.25, 0.3) is 22.0 Å². The lowest BCUT2D eigenvalue weighted by molar-refractivity contribution is 0.102. The lowest BCUT2D eigenvalue weighted by Crippen LogP contribution is -2.22. The molecule has 2 heterocycles. The highest BCUT2D eigenvalue weighted by atomic mass is 32.1. The second kappa shape index (κ2) is 11.6. The minimum atomic E-state index is -0.303. The summed E-state index contributed by atoms with van der Waals surface area (Å²) >= 11 is 1.62. The summed E-state index contributed by atoms with van der Waals surface area (Å²) in [6.07, 6.45) is 4.86. The predicted octanol–water partition coefficient (Wildman–Crippen LogP) is 5.55. The van der Waals surface area contributed by atoms with Gasteiger partial charge in [-0.05, 0) is 39.1 Å². The van der Waals surface area contributed by atoms with Crippen molar-refractivity contribution in [2.75, 3.05) is 37.8 Å². The quantitative estimate of drug-likeness (QED) is 0.303. The molecule has 0 unspecified atom stereocenters. The molecule has 2 N–H and O–H groups in total. The fourth-order valence-corrected chi connectivity index (χ4v) is 5.48. The molecule has 1 saturated carbocycles. The van der Waals surface area contributed by atoms with Gasteiger partial charge in [0.15, 0.2) is 5.82 Å². The van der Waals surface area contributed by atoms with E-state index in [-0.39, 0.29) is 5.91 Å². The average molecular weight is 514 g/mol. The first-order valence-electron chi connectivity index (χ1n) is 12.6. The summed E-state index contributed by atoms with van der Waals surface area (Å²) in [7, 11) is 4.03. The number of hydrogen-bond acceptors (Lipinski definition) is 8. The molecule has 9 heteroatoms. The number of hydrogen-bond donors (Lipinski definition) is 2. The van der Waals surface area contributed by atoms with Crippen LogP contribution in [0, 0.1) is 0 Å². The van der Waals surface area contributed by atoms with Crippen LogP contribution < -0.4 is 10.6 Å². The summed E-state index contributed by atoms with van der Waals surface area (Å²) in [6.45, 7) is 1.53. The SMILES string of the molecule is CN(C)CCNc1cc(C(=O)Nc2ccccc2-c2nnc(C3CCCC3)s2)nc(-c2ccccc2)n1. The van der Waals surface area contributed by atoms with E-state index < -0.39 is 0 Å². The van der Waals surface area contributed by atoms with Crippen LogP contribution in [0.1, 0.15) is 47.1 Å². The van der Waals surface area contributed by atoms with Crippen LogP contribution in [-0.2, 0) is 0 Å². The number of carbonyl (C=O) groups is 1. The number of benzene rings is 2. The fraction of sp³-hybridized carbons (Fsp3) is 0.321. The van der Waals surface area contributed by atoms with Gasteiger partial charge in [-0.1, -0.05) is 66.6 Å². The standard InChI is InChI=1S/C28H31N7OS/c1-35(2)17-16-29-24-18-23(30-25(32-24)19-10-4-3-5-11-19)26(36)31-22-15-9-8-14-21(22)28-34-33-27(37-28)20-12-6-7-13-20/h3-5,8-11,14-15,18,20H,6-7,12-13,16-17H2,1-2H3,(H,31,36)(H,29,30,32). The Morgan fingerprint density at radius 1 is 1.00 bits per heavy atom. The zero-order chi connectivity index (χ0) is 25.6. The summed E-state index contributed by atoms with van der Waals surface area (Å²) in [5, 5.41) is 17.2. The predicted molar refractivity (Wildman–Crippen MR) is 149 cm³/mol. The zero-order valence-corrected chi connectivity index (χ0v) is 22.0. The Labute approximate surface area is 221 Å². The third kappa shape index (κ3) is 6.18. The van der Waals surface area contributed by atoms with Gasteiger partial charge in [0.1, 0.15) is 21.5 Å². The highest BCUT2D eigenvalue weighted by Crippen LogP contribution is 2.39. The first kappa shape index (κ1) is 25.0. The number of anilines is 2. The van der Waals surface area contributed by atoms with Crippen molar-refractivity contribution in [1.82, 2.24) is 25.1 Å². The maximum Gasteiger partial charge on any atom is 0.274 e. The lowest BCUT2D eigenvalue weighted by Gasteiger charge is -2.13. The Kier molecular flexibility index (Phi) is 7.82. The van der Waals surface area contributed by atoms with Gasteiger partial charge in [0.05, 0.1) is 5.69 Å². The van der Waals surface area contributed by atoms with E-state index in [0.717, 1.165) is 27.7 Å². The number of aromatic nitrogens is 4. The minimum absolute atomic E-state index is 0.292. The van der Waals surface area contributed by atoms with E-state index in [4.69, 9.17) is 0 Å². The van der Waals surface area contributed by atoms with E-state index in [9.17, 15) is 4.79 Å². The topological polar surface area (TPSA) is 95.9 Å². The minimum Gasteiger partial charge on any atom is -0.369 e. The summed E-state index contributed by atoms with van der Waals surface area (Å²) < 4.78 is 0. The Bertz CT molecular complexity index is 1350. The lowest BCUT2D eigenvalue weighted by atomic mass is 10.1. The molecule has 0 radical (unpaired) electrons. The van der Waals surface area contributed by atoms with Gasteiger partial charge >= 0.3 is 0 Å². The summed E-state index contributed by atoms with van der Waals surface area (Å²) in [5.41, 5.74) is 2.68. The Hall–Kier alpha value is -3.69. The average Bonchev–Trinajstić information content (AvgIpc) is 3.62. The number of likely N-dealkylation sites (N-methyl/N-ethyl adjacent to an activating group) is 1. The maximum atomic E-state index is 13.5. The molecule has 2 aromatic carbocycles. The molecule has 0 saturated heterocycles. The van der Waals surface area contributed by atoms with Crippen LogP contribution in [0.15, 0.2) is 60.7 Å². The van der Waals surface area contributed by atoms with Gasteiger partial charge in [-0.3, -0.25) is 4.79 Å². The van der Waals surface area contributed by atoms with Crippen molar-refractivity contribution in [3.05, 3.63) is 71.4 Å². The van der Waals surface area contributed by atoms with Crippen molar-refractivity contribution >= 4 is 28.7 Å². The number of carbonyl (C=O) groups excluding carboxylic acids is 1. The smallest absolute Gasteiger partial charge is 0.274 e. The first-order valence-corrected chi connectivity index (χ1v) is 13.5. The molecule has 1 aliphatic rings. The van der Waals surface area contributed by atoms with Gasteiger partial charge in [-0.2, -0.15) is 0 Å². The molecule has 0 aliphatic heterocycles. The molecule has 0 spiro atoms. The van der Waals surface area contributed by atoms with Gasteiger partial charge in [0.2, 0.25) is 0 Å². The fourth-order valence-electron chi connectivity index (χ4n) is 4.42. The third-order valence-corrected chi connectivity index (χ3v) is 7.53. The normalized spacial score (nSPS) is 13.7. The van der Waals surface area contributed by atoms with Gasteiger partial charge in [-0.15, -0.1) is 10.2 Å². The van der Waals surface area contributed by atoms with E-state index in [1.54, 1.807) is 17.4 Å². The van der Waals surface area contributed by atoms with E-state index in [0.29, 0.717) is 35.5 Å². The van der Waals surface area contributed by atoms with Crippen LogP contribution >= 0.6 is 11.3 Å². The number of nitrogens with zero attached hydrogens (tertiary/aromatic N) is 5. The third-order valence-electron chi connectivity index (χ3n) is 6.41. The molecule has 1 fully saturated rings. The van der Waals surface area contributed by atoms with Crippen molar-refractivity contribution in [2.45, 2.75) is 31.6 Å². The molecule has 5 rings (SSSR count). The number of rotatable bonds is 9. The van der Waals surface area contributed by atoms with E-state index in [1.165, 1.54) is 25.7 Å². The number of para-hydroxylation sites is 1. The number of amides is 1. The number of nitrogens with one attached hydrogen (secondary N) is 2. The summed E-state index contributed by atoms with van der Waals surface area (Å²) in [5.74, 6) is 1.31. The molecule has 0 bridgehead atoms. The molecule has 1 amide bonds. The second-order valence-electron chi connectivity index (χ2n) is 9.48. The van der Waals surface area contributed by atoms with Crippen molar-refractivity contribution < 1.29 is 4.79 Å². The van der Waals surface area contributed by atoms with Crippen LogP contribution in [0.5, 0.6) is 0 Å². The van der Waals surface area contributed by atoms with E-state index in [2.05, 4.69) is 35.7 Å². The van der Waals surface area contributed by atoms with Crippen LogP contribution in [0.3, 0.4) is 0 Å². The Morgan fingerprint density at radius 2 is 1.76 bits per heavy atom. The molecule has 37 heavy (non-hydrogen) atoms. The molecule has 8 nitrogen and oxygen atoms in total. The first-order chi connectivity index (χ1) is 18.1. The molecule has 190 valence electrons. The molecule has 2 aromatic heterocycles. The summed E-state index contributed by atoms with van der Waals surface area (Å²) in [6, 6.07) is 19.1. The van der Waals surface area contributed by atoms with Crippen molar-refractivity contribution in [3.8, 4) is 22.0 Å². The second-order valence-corrected chi connectivity index (χ2v) is 10.5. The monoisotopic (exact) mass is 513 g/mol. The van der Waals surface area contributed by atoms with Crippen LogP contribution in [0.4, 0.5) is 11.5 Å². The van der Waals surface area contributed by atoms with Gasteiger partial charge < -0.3 is 15.5 Å². The molecule has 0 atom stereocenters. The van der Waals surface area contributed by atoms with Gasteiger partial charge in [0, 0.05) is 36.2 Å². The highest BCUT2D eigenvalue weighted by molar-refractivity contribution is 7.14. The van der Waals surface area contributed by atoms with Gasteiger partial charge in [0.25, 0.3) is 5.91 Å². The molecule has 1 aliphatic carbocycles. The molecular formula is C28H31N7OS. The zero-order valence-electron chi connectivity index (χ0n) is 21.1. The summed E-state index contributed by atoms with van der Waals surface area (Å²) in [4.78, 5) is 24.8.